The predicted octanol–water partition coefficient (Wildman–Crippen LogP) is 2.40. The number of hydrogen-bond acceptors (Lipinski definition) is 2. The standard InChI is InChI=1S/C15H18N2O3/c1-15(2,3)12(14(19)20)17-13(18)11-8-9-6-4-5-7-10(9)16-11/h4-8,12,16H,1-3H3,(H,17,18)(H,19,20)/t12-/m1/s1. The zero-order valence-corrected chi connectivity index (χ0v) is 11.7. The zero-order chi connectivity index (χ0) is 14.9. The number of nitrogens with one attached hydrogen (secondary N) is 2. The van der Waals surface area contributed by atoms with Gasteiger partial charge in [-0.1, -0.05) is 39.0 Å². The van der Waals surface area contributed by atoms with E-state index in [1.54, 1.807) is 26.8 Å². The van der Waals surface area contributed by atoms with Gasteiger partial charge in [-0.3, -0.25) is 4.79 Å². The summed E-state index contributed by atoms with van der Waals surface area (Å²) in [5, 5.41) is 12.7. The van der Waals surface area contributed by atoms with Gasteiger partial charge in [-0.15, -0.1) is 0 Å². The number of H-pyrrole nitrogens is 1. The molecule has 0 unspecified atom stereocenters. The second-order valence-corrected chi connectivity index (χ2v) is 5.88. The number of aliphatic carboxylic acids is 1. The molecule has 0 fully saturated rings. The lowest BCUT2D eigenvalue weighted by Crippen LogP contribution is -2.49. The van der Waals surface area contributed by atoms with E-state index in [0.717, 1.165) is 10.9 Å². The number of fused-ring (bicyclic) bond motifs is 1. The first-order valence-electron chi connectivity index (χ1n) is 6.40. The maximum atomic E-state index is 12.2. The number of carboxylic acid groups (broad SMARTS) is 1. The summed E-state index contributed by atoms with van der Waals surface area (Å²) >= 11 is 0. The summed E-state index contributed by atoms with van der Waals surface area (Å²) in [6.07, 6.45) is 0. The molecule has 1 aromatic heterocycles. The highest BCUT2D eigenvalue weighted by Crippen LogP contribution is 2.20. The van der Waals surface area contributed by atoms with Crippen LogP contribution in [0.2, 0.25) is 0 Å². The molecule has 5 nitrogen and oxygen atoms in total. The molecule has 2 aromatic rings. The molecule has 3 N–H and O–H groups in total. The van der Waals surface area contributed by atoms with Crippen molar-refractivity contribution in [2.75, 3.05) is 0 Å². The van der Waals surface area contributed by atoms with Gasteiger partial charge in [0.05, 0.1) is 0 Å². The number of aromatic nitrogens is 1. The van der Waals surface area contributed by atoms with Crippen LogP contribution in [0.1, 0.15) is 31.3 Å². The van der Waals surface area contributed by atoms with E-state index in [0.29, 0.717) is 5.69 Å². The third kappa shape index (κ3) is 2.82. The zero-order valence-electron chi connectivity index (χ0n) is 11.7. The first-order chi connectivity index (χ1) is 9.29. The van der Waals surface area contributed by atoms with Gasteiger partial charge in [0.2, 0.25) is 0 Å². The van der Waals surface area contributed by atoms with Crippen LogP contribution in [-0.4, -0.2) is 28.0 Å². The Labute approximate surface area is 117 Å². The number of hydrogen-bond donors (Lipinski definition) is 3. The topological polar surface area (TPSA) is 82.2 Å². The van der Waals surface area contributed by atoms with Crippen LogP contribution in [0.5, 0.6) is 0 Å². The van der Waals surface area contributed by atoms with Gasteiger partial charge in [-0.2, -0.15) is 0 Å². The molecule has 2 rings (SSSR count). The first-order valence-corrected chi connectivity index (χ1v) is 6.40. The number of carbonyl (C=O) groups is 2. The average molecular weight is 274 g/mol. The predicted molar refractivity (Wildman–Crippen MR) is 76.6 cm³/mol. The van der Waals surface area contributed by atoms with Gasteiger partial charge in [-0.25, -0.2) is 4.79 Å². The number of carboxylic acids is 1. The van der Waals surface area contributed by atoms with Crippen molar-refractivity contribution in [3.63, 3.8) is 0 Å². The minimum Gasteiger partial charge on any atom is -0.480 e. The molecule has 0 saturated carbocycles. The molecule has 106 valence electrons. The summed E-state index contributed by atoms with van der Waals surface area (Å²) in [4.78, 5) is 26.4. The van der Waals surface area contributed by atoms with E-state index >= 15 is 0 Å². The second kappa shape index (κ2) is 5.00. The normalized spacial score (nSPS) is 13.2. The molecule has 0 saturated heterocycles. The molecule has 0 aliphatic rings. The summed E-state index contributed by atoms with van der Waals surface area (Å²) in [5.41, 5.74) is 0.648. The van der Waals surface area contributed by atoms with Crippen molar-refractivity contribution in [2.45, 2.75) is 26.8 Å². The maximum Gasteiger partial charge on any atom is 0.326 e. The van der Waals surface area contributed by atoms with Crippen LogP contribution in [0.15, 0.2) is 30.3 Å². The van der Waals surface area contributed by atoms with Crippen LogP contribution in [0.4, 0.5) is 0 Å². The molecule has 20 heavy (non-hydrogen) atoms. The monoisotopic (exact) mass is 274 g/mol. The highest BCUT2D eigenvalue weighted by atomic mass is 16.4. The van der Waals surface area contributed by atoms with Crippen LogP contribution < -0.4 is 5.32 Å². The number of amides is 1. The molecule has 1 aromatic carbocycles. The van der Waals surface area contributed by atoms with Crippen molar-refractivity contribution in [1.82, 2.24) is 10.3 Å². The second-order valence-electron chi connectivity index (χ2n) is 5.88. The van der Waals surface area contributed by atoms with Gasteiger partial charge in [0.1, 0.15) is 11.7 Å². The Hall–Kier alpha value is -2.30. The van der Waals surface area contributed by atoms with E-state index in [2.05, 4.69) is 10.3 Å². The molecular formula is C15H18N2O3. The smallest absolute Gasteiger partial charge is 0.326 e. The fourth-order valence-electron chi connectivity index (χ4n) is 2.05. The number of carbonyl (C=O) groups excluding carboxylic acids is 1. The number of aromatic amines is 1. The molecule has 1 atom stereocenters. The summed E-state index contributed by atoms with van der Waals surface area (Å²) < 4.78 is 0. The highest BCUT2D eigenvalue weighted by molar-refractivity contribution is 5.99. The Morgan fingerprint density at radius 1 is 1.25 bits per heavy atom. The van der Waals surface area contributed by atoms with Gasteiger partial charge in [-0.05, 0) is 17.5 Å². The molecule has 5 heteroatoms. The van der Waals surface area contributed by atoms with E-state index in [9.17, 15) is 14.7 Å². The van der Waals surface area contributed by atoms with Crippen LogP contribution in [0.25, 0.3) is 10.9 Å². The van der Waals surface area contributed by atoms with E-state index in [4.69, 9.17) is 0 Å². The quantitative estimate of drug-likeness (QED) is 0.803. The fourth-order valence-corrected chi connectivity index (χ4v) is 2.05. The van der Waals surface area contributed by atoms with Crippen molar-refractivity contribution in [1.29, 1.82) is 0 Å². The highest BCUT2D eigenvalue weighted by Gasteiger charge is 2.33. The third-order valence-electron chi connectivity index (χ3n) is 3.16. The summed E-state index contributed by atoms with van der Waals surface area (Å²) in [6, 6.07) is 8.28. The lowest BCUT2D eigenvalue weighted by molar-refractivity contribution is -0.142. The van der Waals surface area contributed by atoms with Crippen LogP contribution in [0.3, 0.4) is 0 Å². The Bertz CT molecular complexity index is 619. The van der Waals surface area contributed by atoms with E-state index in [-0.39, 0.29) is 0 Å². The molecule has 0 aliphatic carbocycles. The Morgan fingerprint density at radius 3 is 2.45 bits per heavy atom. The first kappa shape index (κ1) is 14.1. The Morgan fingerprint density at radius 2 is 1.90 bits per heavy atom. The van der Waals surface area contributed by atoms with Crippen molar-refractivity contribution < 1.29 is 14.7 Å². The van der Waals surface area contributed by atoms with E-state index in [1.807, 2.05) is 24.3 Å². The van der Waals surface area contributed by atoms with Crippen LogP contribution in [0, 0.1) is 5.41 Å². The molecule has 0 spiro atoms. The molecular weight excluding hydrogens is 256 g/mol. The summed E-state index contributed by atoms with van der Waals surface area (Å²) in [6.45, 7) is 5.33. The van der Waals surface area contributed by atoms with Gasteiger partial charge in [0, 0.05) is 10.9 Å². The van der Waals surface area contributed by atoms with Crippen molar-refractivity contribution in [3.05, 3.63) is 36.0 Å². The number of para-hydroxylation sites is 1. The van der Waals surface area contributed by atoms with E-state index < -0.39 is 23.3 Å². The average Bonchev–Trinajstić information content (AvgIpc) is 2.77. The Balaban J connectivity index is 2.24. The molecule has 0 radical (unpaired) electrons. The van der Waals surface area contributed by atoms with Gasteiger partial charge in [0.25, 0.3) is 5.91 Å². The minimum absolute atomic E-state index is 0.363. The molecule has 0 bridgehead atoms. The third-order valence-corrected chi connectivity index (χ3v) is 3.16. The van der Waals surface area contributed by atoms with Crippen LogP contribution in [-0.2, 0) is 4.79 Å². The SMILES string of the molecule is CC(C)(C)[C@H](NC(=O)c1cc2ccccc2[nH]1)C(=O)O. The van der Waals surface area contributed by atoms with E-state index in [1.165, 1.54) is 0 Å². The van der Waals surface area contributed by atoms with Crippen LogP contribution >= 0.6 is 0 Å². The number of rotatable bonds is 3. The largest absolute Gasteiger partial charge is 0.480 e. The van der Waals surface area contributed by atoms with Gasteiger partial charge in [0.15, 0.2) is 0 Å². The summed E-state index contributed by atoms with van der Waals surface area (Å²) in [5.74, 6) is -1.45. The van der Waals surface area contributed by atoms with Crippen molar-refractivity contribution in [3.8, 4) is 0 Å². The lowest BCUT2D eigenvalue weighted by atomic mass is 9.86. The molecule has 0 aliphatic heterocycles. The summed E-state index contributed by atoms with van der Waals surface area (Å²) in [7, 11) is 0. The van der Waals surface area contributed by atoms with Crippen molar-refractivity contribution in [2.24, 2.45) is 5.41 Å². The lowest BCUT2D eigenvalue weighted by Gasteiger charge is -2.27. The Kier molecular flexibility index (Phi) is 3.53. The molecule has 1 heterocycles. The molecule has 1 amide bonds. The fraction of sp³-hybridized carbons (Fsp3) is 0.333. The minimum atomic E-state index is -1.04. The van der Waals surface area contributed by atoms with Crippen molar-refractivity contribution >= 4 is 22.8 Å². The number of benzene rings is 1. The van der Waals surface area contributed by atoms with Gasteiger partial charge >= 0.3 is 5.97 Å². The van der Waals surface area contributed by atoms with Gasteiger partial charge < -0.3 is 15.4 Å². The maximum absolute atomic E-state index is 12.2.